The number of rotatable bonds is 4. The molecule has 21 heavy (non-hydrogen) atoms. The number of benzene rings is 1. The van der Waals surface area contributed by atoms with Gasteiger partial charge in [0.15, 0.2) is 0 Å². The Labute approximate surface area is 126 Å². The van der Waals surface area contributed by atoms with Gasteiger partial charge < -0.3 is 10.6 Å². The number of aromatic nitrogens is 2. The van der Waals surface area contributed by atoms with E-state index in [2.05, 4.69) is 35.3 Å². The number of nitrogens with two attached hydrogens (primary N) is 1. The smallest absolute Gasteiger partial charge is 0.225 e. The average Bonchev–Trinajstić information content (AvgIpc) is 2.55. The number of aryl methyl sites for hydroxylation is 1. The van der Waals surface area contributed by atoms with Gasteiger partial charge in [0.05, 0.1) is 0 Å². The van der Waals surface area contributed by atoms with Crippen molar-refractivity contribution < 1.29 is 0 Å². The van der Waals surface area contributed by atoms with Crippen molar-refractivity contribution in [1.82, 2.24) is 9.97 Å². The van der Waals surface area contributed by atoms with Crippen LogP contribution in [0.4, 0.5) is 5.95 Å². The highest BCUT2D eigenvalue weighted by Crippen LogP contribution is 2.31. The summed E-state index contributed by atoms with van der Waals surface area (Å²) in [7, 11) is 1.99. The third-order valence-corrected chi connectivity index (χ3v) is 4.21. The SMILES string of the molecule is CN(CCN)c1ncc2c(n1)CCC(c1ccccc1)C2. The van der Waals surface area contributed by atoms with Crippen molar-refractivity contribution in [3.8, 4) is 0 Å². The van der Waals surface area contributed by atoms with Crippen LogP contribution < -0.4 is 10.6 Å². The van der Waals surface area contributed by atoms with Gasteiger partial charge in [0.25, 0.3) is 0 Å². The molecule has 0 amide bonds. The van der Waals surface area contributed by atoms with E-state index in [4.69, 9.17) is 10.7 Å². The molecule has 0 saturated heterocycles. The number of nitrogens with zero attached hydrogens (tertiary/aromatic N) is 3. The molecule has 0 aliphatic heterocycles. The highest BCUT2D eigenvalue weighted by atomic mass is 15.2. The standard InChI is InChI=1S/C17H22N4/c1-21(10-9-18)17-19-12-15-11-14(7-8-16(15)20-17)13-5-3-2-4-6-13/h2-6,12,14H,7-11,18H2,1H3. The topological polar surface area (TPSA) is 55.0 Å². The second-order valence-electron chi connectivity index (χ2n) is 5.70. The molecule has 0 saturated carbocycles. The van der Waals surface area contributed by atoms with Crippen LogP contribution in [0, 0.1) is 0 Å². The Hall–Kier alpha value is -1.94. The van der Waals surface area contributed by atoms with Crippen LogP contribution in [-0.2, 0) is 12.8 Å². The van der Waals surface area contributed by atoms with E-state index in [1.165, 1.54) is 16.8 Å². The molecule has 1 unspecified atom stereocenters. The summed E-state index contributed by atoms with van der Waals surface area (Å²) in [5.74, 6) is 1.38. The van der Waals surface area contributed by atoms with Crippen LogP contribution in [-0.4, -0.2) is 30.1 Å². The van der Waals surface area contributed by atoms with Gasteiger partial charge in [-0.3, -0.25) is 0 Å². The third-order valence-electron chi connectivity index (χ3n) is 4.21. The lowest BCUT2D eigenvalue weighted by molar-refractivity contribution is 0.570. The molecular weight excluding hydrogens is 260 g/mol. The highest BCUT2D eigenvalue weighted by Gasteiger charge is 2.22. The molecule has 1 heterocycles. The molecule has 0 spiro atoms. The van der Waals surface area contributed by atoms with Gasteiger partial charge in [-0.05, 0) is 36.3 Å². The van der Waals surface area contributed by atoms with Crippen LogP contribution in [0.5, 0.6) is 0 Å². The van der Waals surface area contributed by atoms with Crippen LogP contribution >= 0.6 is 0 Å². The van der Waals surface area contributed by atoms with Crippen molar-refractivity contribution in [2.24, 2.45) is 5.73 Å². The predicted molar refractivity (Wildman–Crippen MR) is 85.6 cm³/mol. The minimum Gasteiger partial charge on any atom is -0.343 e. The quantitative estimate of drug-likeness (QED) is 0.933. The van der Waals surface area contributed by atoms with Gasteiger partial charge in [0.2, 0.25) is 5.95 Å². The first kappa shape index (κ1) is 14.0. The van der Waals surface area contributed by atoms with Gasteiger partial charge in [0.1, 0.15) is 0 Å². The fourth-order valence-corrected chi connectivity index (χ4v) is 2.98. The molecule has 1 aliphatic rings. The molecule has 1 aliphatic carbocycles. The molecule has 110 valence electrons. The van der Waals surface area contributed by atoms with E-state index in [9.17, 15) is 0 Å². The van der Waals surface area contributed by atoms with E-state index in [-0.39, 0.29) is 0 Å². The molecule has 0 fully saturated rings. The summed E-state index contributed by atoms with van der Waals surface area (Å²) >= 11 is 0. The fraction of sp³-hybridized carbons (Fsp3) is 0.412. The first-order valence-electron chi connectivity index (χ1n) is 7.59. The molecule has 2 N–H and O–H groups in total. The molecule has 4 heteroatoms. The minimum absolute atomic E-state index is 0.593. The molecule has 3 rings (SSSR count). The molecule has 0 radical (unpaired) electrons. The maximum Gasteiger partial charge on any atom is 0.225 e. The summed E-state index contributed by atoms with van der Waals surface area (Å²) in [6.45, 7) is 1.40. The third kappa shape index (κ3) is 3.05. The van der Waals surface area contributed by atoms with Crippen molar-refractivity contribution in [1.29, 1.82) is 0 Å². The number of hydrogen-bond acceptors (Lipinski definition) is 4. The lowest BCUT2D eigenvalue weighted by atomic mass is 9.83. The molecule has 1 atom stereocenters. The Morgan fingerprint density at radius 2 is 2.10 bits per heavy atom. The Bertz CT molecular complexity index is 597. The maximum absolute atomic E-state index is 5.59. The molecule has 1 aromatic carbocycles. The summed E-state index contributed by atoms with van der Waals surface area (Å²) in [6.07, 6.45) is 5.23. The van der Waals surface area contributed by atoms with Crippen molar-refractivity contribution in [2.75, 3.05) is 25.0 Å². The van der Waals surface area contributed by atoms with E-state index in [0.29, 0.717) is 12.5 Å². The van der Waals surface area contributed by atoms with Gasteiger partial charge in [-0.15, -0.1) is 0 Å². The molecule has 4 nitrogen and oxygen atoms in total. The predicted octanol–water partition coefficient (Wildman–Crippen LogP) is 2.14. The Morgan fingerprint density at radius 1 is 1.29 bits per heavy atom. The second kappa shape index (κ2) is 6.22. The van der Waals surface area contributed by atoms with E-state index in [1.54, 1.807) is 0 Å². The number of fused-ring (bicyclic) bond motifs is 1. The largest absolute Gasteiger partial charge is 0.343 e. The number of hydrogen-bond donors (Lipinski definition) is 1. The first-order chi connectivity index (χ1) is 10.3. The van der Waals surface area contributed by atoms with Gasteiger partial charge in [-0.2, -0.15) is 0 Å². The zero-order chi connectivity index (χ0) is 14.7. The van der Waals surface area contributed by atoms with Crippen LogP contribution in [0.15, 0.2) is 36.5 Å². The van der Waals surface area contributed by atoms with E-state index in [1.807, 2.05) is 18.1 Å². The fourth-order valence-electron chi connectivity index (χ4n) is 2.98. The lowest BCUT2D eigenvalue weighted by Crippen LogP contribution is -2.27. The summed E-state index contributed by atoms with van der Waals surface area (Å²) < 4.78 is 0. The van der Waals surface area contributed by atoms with Gasteiger partial charge >= 0.3 is 0 Å². The maximum atomic E-state index is 5.59. The van der Waals surface area contributed by atoms with E-state index >= 15 is 0 Å². The van der Waals surface area contributed by atoms with Crippen LogP contribution in [0.1, 0.15) is 29.2 Å². The highest BCUT2D eigenvalue weighted by molar-refractivity contribution is 5.35. The Morgan fingerprint density at radius 3 is 2.86 bits per heavy atom. The lowest BCUT2D eigenvalue weighted by Gasteiger charge is -2.25. The summed E-state index contributed by atoms with van der Waals surface area (Å²) in [5.41, 5.74) is 9.51. The molecular formula is C17H22N4. The average molecular weight is 282 g/mol. The molecule has 0 bridgehead atoms. The first-order valence-corrected chi connectivity index (χ1v) is 7.59. The molecule has 1 aromatic heterocycles. The summed E-state index contributed by atoms with van der Waals surface area (Å²) in [5, 5.41) is 0. The van der Waals surface area contributed by atoms with Crippen LogP contribution in [0.2, 0.25) is 0 Å². The Balaban J connectivity index is 1.78. The summed E-state index contributed by atoms with van der Waals surface area (Å²) in [4.78, 5) is 11.2. The summed E-state index contributed by atoms with van der Waals surface area (Å²) in [6, 6.07) is 10.8. The Kier molecular flexibility index (Phi) is 4.15. The second-order valence-corrected chi connectivity index (χ2v) is 5.70. The van der Waals surface area contributed by atoms with E-state index < -0.39 is 0 Å². The van der Waals surface area contributed by atoms with Crippen LogP contribution in [0.25, 0.3) is 0 Å². The number of anilines is 1. The zero-order valence-electron chi connectivity index (χ0n) is 12.5. The van der Waals surface area contributed by atoms with Gasteiger partial charge in [-0.1, -0.05) is 30.3 Å². The van der Waals surface area contributed by atoms with Gasteiger partial charge in [0, 0.05) is 32.0 Å². The van der Waals surface area contributed by atoms with Gasteiger partial charge in [-0.25, -0.2) is 9.97 Å². The van der Waals surface area contributed by atoms with Crippen molar-refractivity contribution >= 4 is 5.95 Å². The zero-order valence-corrected chi connectivity index (χ0v) is 12.5. The van der Waals surface area contributed by atoms with Crippen LogP contribution in [0.3, 0.4) is 0 Å². The normalized spacial score (nSPS) is 17.3. The van der Waals surface area contributed by atoms with Crippen molar-refractivity contribution in [2.45, 2.75) is 25.2 Å². The molecule has 2 aromatic rings. The van der Waals surface area contributed by atoms with E-state index in [0.717, 1.165) is 31.8 Å². The van der Waals surface area contributed by atoms with Crippen molar-refractivity contribution in [3.63, 3.8) is 0 Å². The monoisotopic (exact) mass is 282 g/mol. The minimum atomic E-state index is 0.593. The number of likely N-dealkylation sites (N-methyl/N-ethyl adjacent to an activating group) is 1. The van der Waals surface area contributed by atoms with Crippen molar-refractivity contribution in [3.05, 3.63) is 53.3 Å².